The first kappa shape index (κ1) is 23.2. The van der Waals surface area contributed by atoms with Gasteiger partial charge in [-0.3, -0.25) is 4.79 Å². The molecule has 4 aromatic rings. The van der Waals surface area contributed by atoms with Crippen LogP contribution < -0.4 is 10.2 Å². The highest BCUT2D eigenvalue weighted by molar-refractivity contribution is 7.13. The zero-order valence-corrected chi connectivity index (χ0v) is 20.8. The lowest BCUT2D eigenvalue weighted by atomic mass is 9.97. The van der Waals surface area contributed by atoms with E-state index in [1.807, 2.05) is 48.9 Å². The van der Waals surface area contributed by atoms with Crippen LogP contribution in [-0.4, -0.2) is 50.3 Å². The van der Waals surface area contributed by atoms with Gasteiger partial charge in [-0.2, -0.15) is 5.10 Å². The maximum absolute atomic E-state index is 12.9. The maximum atomic E-state index is 12.9. The van der Waals surface area contributed by atoms with Gasteiger partial charge in [0, 0.05) is 48.8 Å². The van der Waals surface area contributed by atoms with Gasteiger partial charge in [-0.15, -0.1) is 11.3 Å². The molecular formula is C26H29N7OS. The van der Waals surface area contributed by atoms with E-state index in [4.69, 9.17) is 4.98 Å². The Hall–Kier alpha value is -3.59. The van der Waals surface area contributed by atoms with Crippen LogP contribution in [0.4, 0.5) is 5.82 Å². The van der Waals surface area contributed by atoms with E-state index >= 15 is 0 Å². The van der Waals surface area contributed by atoms with Crippen LogP contribution in [-0.2, 0) is 11.2 Å². The Bertz CT molecular complexity index is 1300. The first-order valence-corrected chi connectivity index (χ1v) is 12.8. The number of nitrogens with zero attached hydrogens (tertiary/aromatic N) is 6. The normalized spacial score (nSPS) is 15.8. The molecule has 0 saturated carbocycles. The number of rotatable bonds is 7. The zero-order valence-electron chi connectivity index (χ0n) is 20.0. The van der Waals surface area contributed by atoms with E-state index in [1.165, 1.54) is 0 Å². The second-order valence-electron chi connectivity index (χ2n) is 8.91. The van der Waals surface area contributed by atoms with Crippen LogP contribution in [0.2, 0.25) is 0 Å². The standard InChI is InChI=1S/C26H29N7OS/c1-18-13-19(2)33(31-18)24-14-23(28-17-29-24)32-12-6-9-21(15-32)25(34)27-11-10-22-16-35-26(30-22)20-7-4-3-5-8-20/h3-5,7-8,13-14,16-17,21H,6,9-12,15H2,1-2H3,(H,27,34)/t21-/m0/s1. The summed E-state index contributed by atoms with van der Waals surface area (Å²) in [6.07, 6.45) is 4.13. The molecule has 0 bridgehead atoms. The van der Waals surface area contributed by atoms with Gasteiger partial charge in [-0.25, -0.2) is 19.6 Å². The Kier molecular flexibility index (Phi) is 6.85. The second kappa shape index (κ2) is 10.4. The van der Waals surface area contributed by atoms with Gasteiger partial charge in [0.25, 0.3) is 0 Å². The van der Waals surface area contributed by atoms with Crippen LogP contribution in [0, 0.1) is 19.8 Å². The van der Waals surface area contributed by atoms with E-state index in [9.17, 15) is 4.79 Å². The number of benzene rings is 1. The highest BCUT2D eigenvalue weighted by Gasteiger charge is 2.26. The lowest BCUT2D eigenvalue weighted by Gasteiger charge is -2.32. The number of carbonyl (C=O) groups excluding carboxylic acids is 1. The van der Waals surface area contributed by atoms with Gasteiger partial charge in [0.2, 0.25) is 5.91 Å². The predicted molar refractivity (Wildman–Crippen MR) is 138 cm³/mol. The Morgan fingerprint density at radius 1 is 1.14 bits per heavy atom. The maximum Gasteiger partial charge on any atom is 0.224 e. The lowest BCUT2D eigenvalue weighted by molar-refractivity contribution is -0.125. The average Bonchev–Trinajstić information content (AvgIpc) is 3.50. The molecule has 1 atom stereocenters. The van der Waals surface area contributed by atoms with E-state index in [-0.39, 0.29) is 11.8 Å². The summed E-state index contributed by atoms with van der Waals surface area (Å²) in [5, 5.41) is 10.7. The van der Waals surface area contributed by atoms with Crippen molar-refractivity contribution in [3.05, 3.63) is 71.3 Å². The van der Waals surface area contributed by atoms with Crippen LogP contribution in [0.3, 0.4) is 0 Å². The number of carbonyl (C=O) groups is 1. The highest BCUT2D eigenvalue weighted by Crippen LogP contribution is 2.24. The molecule has 1 aliphatic heterocycles. The molecule has 1 saturated heterocycles. The van der Waals surface area contributed by atoms with Crippen molar-refractivity contribution < 1.29 is 4.79 Å². The SMILES string of the molecule is Cc1cc(C)n(-c2cc(N3CCC[C@H](C(=O)NCCc4csc(-c5ccccc5)n4)C3)ncn2)n1. The number of thiazole rings is 1. The van der Waals surface area contributed by atoms with Gasteiger partial charge in [-0.05, 0) is 32.8 Å². The van der Waals surface area contributed by atoms with Gasteiger partial charge in [0.15, 0.2) is 5.82 Å². The molecule has 1 fully saturated rings. The van der Waals surface area contributed by atoms with Crippen LogP contribution in [0.25, 0.3) is 16.4 Å². The van der Waals surface area contributed by atoms with E-state index < -0.39 is 0 Å². The first-order chi connectivity index (χ1) is 17.1. The smallest absolute Gasteiger partial charge is 0.224 e. The molecule has 9 heteroatoms. The Balaban J connectivity index is 1.17. The minimum absolute atomic E-state index is 0.0637. The number of aromatic nitrogens is 5. The molecule has 0 aliphatic carbocycles. The number of aryl methyl sites for hydroxylation is 2. The van der Waals surface area contributed by atoms with E-state index in [1.54, 1.807) is 17.7 Å². The number of amides is 1. The molecule has 0 radical (unpaired) electrons. The van der Waals surface area contributed by atoms with E-state index in [0.29, 0.717) is 13.1 Å². The molecule has 1 N–H and O–H groups in total. The topological polar surface area (TPSA) is 88.8 Å². The summed E-state index contributed by atoms with van der Waals surface area (Å²) in [6, 6.07) is 14.2. The third-order valence-corrected chi connectivity index (χ3v) is 7.17. The summed E-state index contributed by atoms with van der Waals surface area (Å²) in [7, 11) is 0. The van der Waals surface area contributed by atoms with Gasteiger partial charge < -0.3 is 10.2 Å². The molecular weight excluding hydrogens is 458 g/mol. The summed E-state index contributed by atoms with van der Waals surface area (Å²) in [6.45, 7) is 6.09. The van der Waals surface area contributed by atoms with Gasteiger partial charge in [-0.1, -0.05) is 30.3 Å². The third-order valence-electron chi connectivity index (χ3n) is 6.23. The molecule has 1 aromatic carbocycles. The number of hydrogen-bond acceptors (Lipinski definition) is 7. The van der Waals surface area contributed by atoms with Crippen molar-refractivity contribution in [2.75, 3.05) is 24.5 Å². The van der Waals surface area contributed by atoms with Crippen LogP contribution in [0.15, 0.2) is 54.2 Å². The second-order valence-corrected chi connectivity index (χ2v) is 9.77. The molecule has 0 spiro atoms. The highest BCUT2D eigenvalue weighted by atomic mass is 32.1. The number of piperidine rings is 1. The molecule has 0 unspecified atom stereocenters. The lowest BCUT2D eigenvalue weighted by Crippen LogP contribution is -2.43. The summed E-state index contributed by atoms with van der Waals surface area (Å²) >= 11 is 1.64. The van der Waals surface area contributed by atoms with Crippen LogP contribution in [0.5, 0.6) is 0 Å². The number of anilines is 1. The number of nitrogens with one attached hydrogen (secondary N) is 1. The van der Waals surface area contributed by atoms with Gasteiger partial charge in [0.05, 0.1) is 17.3 Å². The predicted octanol–water partition coefficient (Wildman–Crippen LogP) is 3.98. The summed E-state index contributed by atoms with van der Waals surface area (Å²) in [5.74, 6) is 1.61. The van der Waals surface area contributed by atoms with Crippen molar-refractivity contribution in [3.63, 3.8) is 0 Å². The monoisotopic (exact) mass is 487 g/mol. The largest absolute Gasteiger partial charge is 0.356 e. The van der Waals surface area contributed by atoms with Crippen molar-refractivity contribution in [1.82, 2.24) is 30.0 Å². The third kappa shape index (κ3) is 5.40. The Morgan fingerprint density at radius 3 is 2.77 bits per heavy atom. The van der Waals surface area contributed by atoms with Crippen molar-refractivity contribution in [3.8, 4) is 16.4 Å². The Labute approximate surface area is 209 Å². The van der Waals surface area contributed by atoms with Gasteiger partial charge >= 0.3 is 0 Å². The molecule has 1 amide bonds. The Morgan fingerprint density at radius 2 is 1.97 bits per heavy atom. The van der Waals surface area contributed by atoms with Crippen molar-refractivity contribution in [2.24, 2.45) is 5.92 Å². The first-order valence-electron chi connectivity index (χ1n) is 11.9. The molecule has 180 valence electrons. The fraction of sp³-hybridized carbons (Fsp3) is 0.346. The minimum atomic E-state index is -0.0637. The molecule has 5 rings (SSSR count). The van der Waals surface area contributed by atoms with Gasteiger partial charge in [0.1, 0.15) is 17.2 Å². The zero-order chi connectivity index (χ0) is 24.2. The van der Waals surface area contributed by atoms with E-state index in [0.717, 1.165) is 65.1 Å². The fourth-order valence-electron chi connectivity index (χ4n) is 4.48. The molecule has 1 aliphatic rings. The molecule has 4 heterocycles. The van der Waals surface area contributed by atoms with Crippen molar-refractivity contribution in [2.45, 2.75) is 33.1 Å². The molecule has 8 nitrogen and oxygen atoms in total. The van der Waals surface area contributed by atoms with E-state index in [2.05, 4.69) is 42.8 Å². The average molecular weight is 488 g/mol. The quantitative estimate of drug-likeness (QED) is 0.424. The molecule has 35 heavy (non-hydrogen) atoms. The van der Waals surface area contributed by atoms with Crippen molar-refractivity contribution in [1.29, 1.82) is 0 Å². The summed E-state index contributed by atoms with van der Waals surface area (Å²) < 4.78 is 1.83. The minimum Gasteiger partial charge on any atom is -0.356 e. The summed E-state index contributed by atoms with van der Waals surface area (Å²) in [4.78, 5) is 28.7. The van der Waals surface area contributed by atoms with Crippen molar-refractivity contribution >= 4 is 23.1 Å². The van der Waals surface area contributed by atoms with Crippen LogP contribution >= 0.6 is 11.3 Å². The fourth-order valence-corrected chi connectivity index (χ4v) is 5.34. The van der Waals surface area contributed by atoms with Crippen LogP contribution in [0.1, 0.15) is 29.9 Å². The summed E-state index contributed by atoms with van der Waals surface area (Å²) in [5.41, 5.74) is 4.11. The number of hydrogen-bond donors (Lipinski definition) is 1. The molecule has 3 aromatic heterocycles.